The Hall–Kier alpha value is -1.62. The third-order valence-corrected chi connectivity index (χ3v) is 3.23. The van der Waals surface area contributed by atoms with Crippen molar-refractivity contribution < 1.29 is 19.0 Å². The van der Waals surface area contributed by atoms with Gasteiger partial charge in [-0.15, -0.1) is 0 Å². The first-order valence-electron chi connectivity index (χ1n) is 7.58. The fourth-order valence-corrected chi connectivity index (χ4v) is 2.01. The summed E-state index contributed by atoms with van der Waals surface area (Å²) >= 11 is 0. The summed E-state index contributed by atoms with van der Waals surface area (Å²) in [5.41, 5.74) is 0.0942. The van der Waals surface area contributed by atoms with Crippen LogP contribution in [0.15, 0.2) is 24.3 Å². The highest BCUT2D eigenvalue weighted by Crippen LogP contribution is 2.16. The number of halogens is 1. The topological polar surface area (TPSA) is 49.8 Å². The van der Waals surface area contributed by atoms with Gasteiger partial charge in [0.1, 0.15) is 11.4 Å². The molecule has 22 heavy (non-hydrogen) atoms. The minimum atomic E-state index is -0.599. The van der Waals surface area contributed by atoms with Crippen LogP contribution in [-0.4, -0.2) is 34.9 Å². The first kappa shape index (κ1) is 18.4. The summed E-state index contributed by atoms with van der Waals surface area (Å²) in [4.78, 5) is 13.9. The maximum absolute atomic E-state index is 13.3. The van der Waals surface area contributed by atoms with E-state index in [1.807, 2.05) is 6.92 Å². The number of amides is 1. The van der Waals surface area contributed by atoms with Crippen molar-refractivity contribution in [2.45, 2.75) is 46.3 Å². The highest BCUT2D eigenvalue weighted by Gasteiger charge is 2.24. The molecule has 0 aliphatic rings. The molecule has 4 nitrogen and oxygen atoms in total. The van der Waals surface area contributed by atoms with E-state index in [4.69, 9.17) is 4.74 Å². The second-order valence-electron chi connectivity index (χ2n) is 6.45. The first-order valence-corrected chi connectivity index (χ1v) is 7.58. The molecule has 1 aromatic rings. The molecule has 1 aromatic carbocycles. The lowest BCUT2D eigenvalue weighted by Gasteiger charge is -2.29. The maximum Gasteiger partial charge on any atom is 0.410 e. The minimum absolute atomic E-state index is 0.00104. The molecule has 1 rings (SSSR count). The third-order valence-electron chi connectivity index (χ3n) is 3.23. The molecule has 0 saturated carbocycles. The molecule has 0 aliphatic carbocycles. The van der Waals surface area contributed by atoms with Crippen molar-refractivity contribution in [2.75, 3.05) is 13.2 Å². The van der Waals surface area contributed by atoms with Crippen molar-refractivity contribution in [3.63, 3.8) is 0 Å². The summed E-state index contributed by atoms with van der Waals surface area (Å²) in [6.45, 7) is 7.98. The van der Waals surface area contributed by atoms with E-state index in [2.05, 4.69) is 0 Å². The smallest absolute Gasteiger partial charge is 0.410 e. The Morgan fingerprint density at radius 2 is 2.09 bits per heavy atom. The van der Waals surface area contributed by atoms with Gasteiger partial charge >= 0.3 is 6.09 Å². The van der Waals surface area contributed by atoms with E-state index >= 15 is 0 Å². The van der Waals surface area contributed by atoms with E-state index in [-0.39, 0.29) is 24.9 Å². The lowest BCUT2D eigenvalue weighted by atomic mass is 10.1. The summed E-state index contributed by atoms with van der Waals surface area (Å²) in [5.74, 6) is -0.364. The molecular formula is C17H26FNO3. The average molecular weight is 311 g/mol. The standard InChI is InChI=1S/C17H26FNO3/c1-5-13(12-20)10-19(16(21)22-17(2,3)4)11-14-7-6-8-15(18)9-14/h6-9,13,20H,5,10-12H2,1-4H3. The molecule has 0 spiro atoms. The van der Waals surface area contributed by atoms with E-state index in [9.17, 15) is 14.3 Å². The molecule has 0 radical (unpaired) electrons. The molecular weight excluding hydrogens is 285 g/mol. The molecule has 0 aliphatic heterocycles. The van der Waals surface area contributed by atoms with E-state index in [1.54, 1.807) is 32.9 Å². The fourth-order valence-electron chi connectivity index (χ4n) is 2.01. The number of benzene rings is 1. The van der Waals surface area contributed by atoms with Gasteiger partial charge in [-0.3, -0.25) is 0 Å². The van der Waals surface area contributed by atoms with Gasteiger partial charge in [0.25, 0.3) is 0 Å². The molecule has 0 heterocycles. The number of carbonyl (C=O) groups excluding carboxylic acids is 1. The van der Waals surface area contributed by atoms with Gasteiger partial charge in [0, 0.05) is 19.7 Å². The number of carbonyl (C=O) groups is 1. The van der Waals surface area contributed by atoms with Gasteiger partial charge in [-0.1, -0.05) is 19.1 Å². The normalized spacial score (nSPS) is 12.8. The Kier molecular flexibility index (Phi) is 6.81. The molecule has 1 N–H and O–H groups in total. The number of nitrogens with zero attached hydrogens (tertiary/aromatic N) is 1. The SMILES string of the molecule is CCC(CO)CN(Cc1cccc(F)c1)C(=O)OC(C)(C)C. The average Bonchev–Trinajstić information content (AvgIpc) is 2.41. The van der Waals surface area contributed by atoms with Gasteiger partial charge in [-0.25, -0.2) is 9.18 Å². The van der Waals surface area contributed by atoms with Crippen molar-refractivity contribution in [3.8, 4) is 0 Å². The van der Waals surface area contributed by atoms with Crippen LogP contribution in [0.4, 0.5) is 9.18 Å². The second kappa shape index (κ2) is 8.13. The number of rotatable bonds is 6. The third kappa shape index (κ3) is 6.43. The second-order valence-corrected chi connectivity index (χ2v) is 6.45. The number of hydrogen-bond acceptors (Lipinski definition) is 3. The summed E-state index contributed by atoms with van der Waals surface area (Å²) < 4.78 is 18.7. The molecule has 0 fully saturated rings. The van der Waals surface area contributed by atoms with E-state index in [0.29, 0.717) is 12.1 Å². The number of hydrogen-bond donors (Lipinski definition) is 1. The van der Waals surface area contributed by atoms with Crippen molar-refractivity contribution in [2.24, 2.45) is 5.92 Å². The van der Waals surface area contributed by atoms with Gasteiger partial charge in [0.15, 0.2) is 0 Å². The lowest BCUT2D eigenvalue weighted by Crippen LogP contribution is -2.39. The molecule has 1 amide bonds. The summed E-state index contributed by atoms with van der Waals surface area (Å²) in [6, 6.07) is 6.14. The highest BCUT2D eigenvalue weighted by molar-refractivity contribution is 5.68. The van der Waals surface area contributed by atoms with Gasteiger partial charge in [-0.2, -0.15) is 0 Å². The van der Waals surface area contributed by atoms with E-state index < -0.39 is 11.7 Å². The van der Waals surface area contributed by atoms with Gasteiger partial charge in [-0.05, 0) is 50.8 Å². The number of ether oxygens (including phenoxy) is 1. The van der Waals surface area contributed by atoms with Crippen LogP contribution in [0.2, 0.25) is 0 Å². The monoisotopic (exact) mass is 311 g/mol. The van der Waals surface area contributed by atoms with Crippen LogP contribution in [-0.2, 0) is 11.3 Å². The van der Waals surface area contributed by atoms with Crippen LogP contribution in [0.1, 0.15) is 39.7 Å². The summed E-state index contributed by atoms with van der Waals surface area (Å²) in [7, 11) is 0. The van der Waals surface area contributed by atoms with Crippen molar-refractivity contribution in [1.82, 2.24) is 4.90 Å². The van der Waals surface area contributed by atoms with Crippen LogP contribution >= 0.6 is 0 Å². The Morgan fingerprint density at radius 1 is 1.41 bits per heavy atom. The first-order chi connectivity index (χ1) is 10.2. The summed E-state index contributed by atoms with van der Waals surface area (Å²) in [5, 5.41) is 9.36. The molecule has 0 bridgehead atoms. The Morgan fingerprint density at radius 3 is 2.59 bits per heavy atom. The Labute approximate surface area is 131 Å². The fraction of sp³-hybridized carbons (Fsp3) is 0.588. The molecule has 0 aromatic heterocycles. The van der Waals surface area contributed by atoms with E-state index in [0.717, 1.165) is 6.42 Å². The predicted octanol–water partition coefficient (Wildman–Crippen LogP) is 3.58. The molecule has 124 valence electrons. The van der Waals surface area contributed by atoms with Gasteiger partial charge in [0.2, 0.25) is 0 Å². The van der Waals surface area contributed by atoms with Crippen molar-refractivity contribution >= 4 is 6.09 Å². The maximum atomic E-state index is 13.3. The molecule has 1 unspecified atom stereocenters. The van der Waals surface area contributed by atoms with Crippen LogP contribution in [0.3, 0.4) is 0 Å². The van der Waals surface area contributed by atoms with Crippen LogP contribution in [0.5, 0.6) is 0 Å². The van der Waals surface area contributed by atoms with Crippen LogP contribution in [0, 0.1) is 11.7 Å². The lowest BCUT2D eigenvalue weighted by molar-refractivity contribution is 0.0180. The predicted molar refractivity (Wildman–Crippen MR) is 83.9 cm³/mol. The van der Waals surface area contributed by atoms with Crippen molar-refractivity contribution in [3.05, 3.63) is 35.6 Å². The zero-order valence-corrected chi connectivity index (χ0v) is 13.8. The number of aliphatic hydroxyl groups is 1. The zero-order chi connectivity index (χ0) is 16.8. The Bertz CT molecular complexity index is 481. The highest BCUT2D eigenvalue weighted by atomic mass is 19.1. The van der Waals surface area contributed by atoms with Crippen molar-refractivity contribution in [1.29, 1.82) is 0 Å². The summed E-state index contributed by atoms with van der Waals surface area (Å²) in [6.07, 6.45) is 0.294. The molecule has 1 atom stereocenters. The van der Waals surface area contributed by atoms with Crippen LogP contribution in [0.25, 0.3) is 0 Å². The molecule has 0 saturated heterocycles. The van der Waals surface area contributed by atoms with E-state index in [1.165, 1.54) is 17.0 Å². The quantitative estimate of drug-likeness (QED) is 0.873. The largest absolute Gasteiger partial charge is 0.444 e. The molecule has 5 heteroatoms. The van der Waals surface area contributed by atoms with Gasteiger partial charge in [0.05, 0.1) is 0 Å². The van der Waals surface area contributed by atoms with Crippen LogP contribution < -0.4 is 0 Å². The van der Waals surface area contributed by atoms with Gasteiger partial charge < -0.3 is 14.7 Å². The number of aliphatic hydroxyl groups excluding tert-OH is 1. The minimum Gasteiger partial charge on any atom is -0.444 e. The zero-order valence-electron chi connectivity index (χ0n) is 13.8. The Balaban J connectivity index is 2.87.